The first-order valence-electron chi connectivity index (χ1n) is 18.3. The molecule has 0 unspecified atom stereocenters. The molecule has 0 amide bonds. The van der Waals surface area contributed by atoms with E-state index in [1.165, 1.54) is 61.2 Å². The summed E-state index contributed by atoms with van der Waals surface area (Å²) in [5.41, 5.74) is 17.0. The Hall–Kier alpha value is -6.44. The molecule has 53 heavy (non-hydrogen) atoms. The molecule has 0 radical (unpaired) electrons. The quantitative estimate of drug-likeness (QED) is 0.137. The third kappa shape index (κ3) is 9.08. The van der Waals surface area contributed by atoms with Gasteiger partial charge >= 0.3 is 0 Å². The fourth-order valence-corrected chi connectivity index (χ4v) is 6.47. The Kier molecular flexibility index (Phi) is 12.1. The van der Waals surface area contributed by atoms with Gasteiger partial charge < -0.3 is 4.90 Å². The summed E-state index contributed by atoms with van der Waals surface area (Å²) in [6.07, 6.45) is 6.11. The van der Waals surface area contributed by atoms with Crippen LogP contribution in [0.2, 0.25) is 0 Å². The zero-order chi connectivity index (χ0) is 37.0. The van der Waals surface area contributed by atoms with Crippen molar-refractivity contribution in [3.63, 3.8) is 0 Å². The van der Waals surface area contributed by atoms with Crippen LogP contribution in [0.1, 0.15) is 30.5 Å². The minimum absolute atomic E-state index is 1.12. The number of hydrogen-bond acceptors (Lipinski definition) is 1. The number of rotatable bonds is 9. The van der Waals surface area contributed by atoms with E-state index < -0.39 is 0 Å². The Morgan fingerprint density at radius 1 is 0.472 bits per heavy atom. The Morgan fingerprint density at radius 2 is 0.925 bits per heavy atom. The topological polar surface area (TPSA) is 3.24 Å². The first kappa shape index (κ1) is 36.4. The van der Waals surface area contributed by atoms with Crippen molar-refractivity contribution in [2.24, 2.45) is 0 Å². The van der Waals surface area contributed by atoms with E-state index >= 15 is 0 Å². The minimum atomic E-state index is 1.12. The summed E-state index contributed by atoms with van der Waals surface area (Å²) in [5, 5.41) is 0. The van der Waals surface area contributed by atoms with E-state index in [0.717, 1.165) is 17.1 Å². The molecule has 0 aromatic heterocycles. The number of anilines is 3. The first-order valence-corrected chi connectivity index (χ1v) is 18.3. The number of nitrogens with zero attached hydrogens (tertiary/aromatic N) is 1. The second-order valence-electron chi connectivity index (χ2n) is 13.2. The van der Waals surface area contributed by atoms with Crippen molar-refractivity contribution in [3.8, 4) is 33.4 Å². The highest BCUT2D eigenvalue weighted by atomic mass is 15.1. The lowest BCUT2D eigenvalue weighted by atomic mass is 9.96. The lowest BCUT2D eigenvalue weighted by molar-refractivity contribution is 1.28. The fraction of sp³-hybridized carbons (Fsp3) is 0.0769. The Morgan fingerprint density at radius 3 is 1.43 bits per heavy atom. The molecule has 0 aliphatic heterocycles. The van der Waals surface area contributed by atoms with Crippen molar-refractivity contribution in [2.45, 2.75) is 27.7 Å². The Bertz CT molecular complexity index is 2210. The lowest BCUT2D eigenvalue weighted by Gasteiger charge is -2.26. The summed E-state index contributed by atoms with van der Waals surface area (Å²) >= 11 is 0. The molecule has 1 nitrogen and oxygen atoms in total. The summed E-state index contributed by atoms with van der Waals surface area (Å²) in [6.45, 7) is 12.2. The molecule has 0 aliphatic carbocycles. The zero-order valence-electron chi connectivity index (χ0n) is 31.2. The highest BCUT2D eigenvalue weighted by Gasteiger charge is 2.14. The van der Waals surface area contributed by atoms with E-state index in [4.69, 9.17) is 0 Å². The molecule has 260 valence electrons. The molecule has 0 N–H and O–H groups in total. The number of benzene rings is 7. The first-order chi connectivity index (χ1) is 25.9. The van der Waals surface area contributed by atoms with E-state index in [0.29, 0.717) is 0 Å². The van der Waals surface area contributed by atoms with Crippen LogP contribution in [-0.4, -0.2) is 0 Å². The number of aryl methyl sites for hydroxylation is 2. The molecule has 0 heterocycles. The average molecular weight is 686 g/mol. The van der Waals surface area contributed by atoms with Gasteiger partial charge in [-0.2, -0.15) is 0 Å². The summed E-state index contributed by atoms with van der Waals surface area (Å²) in [7, 11) is 0. The normalized spacial score (nSPS) is 11.3. The number of hydrogen-bond donors (Lipinski definition) is 0. The maximum Gasteiger partial charge on any atom is 0.0467 e. The second kappa shape index (κ2) is 17.7. The van der Waals surface area contributed by atoms with Crippen LogP contribution in [0.4, 0.5) is 17.1 Å². The van der Waals surface area contributed by atoms with Crippen molar-refractivity contribution >= 4 is 22.6 Å². The smallest absolute Gasteiger partial charge is 0.0467 e. The predicted octanol–water partition coefficient (Wildman–Crippen LogP) is 15.0. The maximum absolute atomic E-state index is 3.83. The van der Waals surface area contributed by atoms with Gasteiger partial charge in [-0.15, -0.1) is 0 Å². The van der Waals surface area contributed by atoms with Crippen LogP contribution in [0.3, 0.4) is 0 Å². The molecule has 1 heteroatoms. The third-order valence-electron chi connectivity index (χ3n) is 9.45. The summed E-state index contributed by atoms with van der Waals surface area (Å²) in [4.78, 5) is 2.33. The summed E-state index contributed by atoms with van der Waals surface area (Å²) < 4.78 is 0. The van der Waals surface area contributed by atoms with Gasteiger partial charge in [0.15, 0.2) is 0 Å². The van der Waals surface area contributed by atoms with Crippen LogP contribution in [-0.2, 0) is 0 Å². The van der Waals surface area contributed by atoms with Crippen molar-refractivity contribution in [1.29, 1.82) is 0 Å². The number of allylic oxidation sites excluding steroid dienone is 5. The van der Waals surface area contributed by atoms with Gasteiger partial charge in [-0.1, -0.05) is 176 Å². The standard InChI is InChI=1S/C37H29N.C15H18/c1-28-15-17-33(18-16-28)34-13-8-14-37(27-34)38(35-23-19-31(20-24-35)29-9-4-2-5-10-29)36-25-21-32(22-26-36)30-11-6-3-7-12-30;1-5-9-14(12(3)6-2)15-11-8-7-10-13(15)4/h2-27H,1H3;5-11H,2H2,1,3-4H3/b;9-5-,14-12+. The molecule has 0 saturated carbocycles. The fourth-order valence-electron chi connectivity index (χ4n) is 6.47. The van der Waals surface area contributed by atoms with Crippen LogP contribution in [0, 0.1) is 13.8 Å². The van der Waals surface area contributed by atoms with Gasteiger partial charge in [0, 0.05) is 17.1 Å². The monoisotopic (exact) mass is 685 g/mol. The second-order valence-corrected chi connectivity index (χ2v) is 13.2. The largest absolute Gasteiger partial charge is 0.310 e. The Labute approximate surface area is 316 Å². The van der Waals surface area contributed by atoms with Crippen LogP contribution >= 0.6 is 0 Å². The van der Waals surface area contributed by atoms with Gasteiger partial charge in [0.05, 0.1) is 0 Å². The van der Waals surface area contributed by atoms with Crippen molar-refractivity contribution < 1.29 is 0 Å². The lowest BCUT2D eigenvalue weighted by Crippen LogP contribution is -2.10. The van der Waals surface area contributed by atoms with Crippen molar-refractivity contribution in [3.05, 3.63) is 229 Å². The van der Waals surface area contributed by atoms with E-state index in [1.54, 1.807) is 0 Å². The van der Waals surface area contributed by atoms with Gasteiger partial charge in [-0.3, -0.25) is 0 Å². The van der Waals surface area contributed by atoms with E-state index in [1.807, 2.05) is 13.0 Å². The SMILES string of the molecule is C=C/C(C)=C(\C=C/C)c1ccccc1C.Cc1ccc(-c2cccc(N(c3ccc(-c4ccccc4)cc3)c3ccc(-c4ccccc4)cc3)c2)cc1. The molecular weight excluding hydrogens is 639 g/mol. The van der Waals surface area contributed by atoms with Crippen molar-refractivity contribution in [1.82, 2.24) is 0 Å². The molecule has 0 spiro atoms. The molecule has 0 atom stereocenters. The third-order valence-corrected chi connectivity index (χ3v) is 9.45. The van der Waals surface area contributed by atoms with Crippen molar-refractivity contribution in [2.75, 3.05) is 4.90 Å². The molecule has 7 aromatic carbocycles. The van der Waals surface area contributed by atoms with Crippen LogP contribution in [0.25, 0.3) is 39.0 Å². The van der Waals surface area contributed by atoms with E-state index in [-0.39, 0.29) is 0 Å². The van der Waals surface area contributed by atoms with Gasteiger partial charge in [0.25, 0.3) is 0 Å². The van der Waals surface area contributed by atoms with Gasteiger partial charge in [0.1, 0.15) is 0 Å². The van der Waals surface area contributed by atoms with E-state index in [9.17, 15) is 0 Å². The molecular formula is C52H47N. The average Bonchev–Trinajstić information content (AvgIpc) is 3.22. The molecule has 0 bridgehead atoms. The van der Waals surface area contributed by atoms with Gasteiger partial charge in [0.2, 0.25) is 0 Å². The van der Waals surface area contributed by atoms with Crippen LogP contribution < -0.4 is 4.90 Å². The highest BCUT2D eigenvalue weighted by Crippen LogP contribution is 2.38. The highest BCUT2D eigenvalue weighted by molar-refractivity contribution is 5.82. The van der Waals surface area contributed by atoms with E-state index in [2.05, 4.69) is 226 Å². The van der Waals surface area contributed by atoms with Crippen LogP contribution in [0.5, 0.6) is 0 Å². The summed E-state index contributed by atoms with van der Waals surface area (Å²) in [5.74, 6) is 0. The molecule has 0 saturated heterocycles. The zero-order valence-corrected chi connectivity index (χ0v) is 31.2. The van der Waals surface area contributed by atoms with Crippen LogP contribution in [0.15, 0.2) is 212 Å². The molecule has 7 rings (SSSR count). The molecule has 7 aromatic rings. The Balaban J connectivity index is 0.000000270. The minimum Gasteiger partial charge on any atom is -0.310 e. The predicted molar refractivity (Wildman–Crippen MR) is 231 cm³/mol. The molecule has 0 aliphatic rings. The summed E-state index contributed by atoms with van der Waals surface area (Å²) in [6, 6.07) is 64.7. The van der Waals surface area contributed by atoms with Gasteiger partial charge in [-0.25, -0.2) is 0 Å². The molecule has 0 fully saturated rings. The maximum atomic E-state index is 3.83. The van der Waals surface area contributed by atoms with Gasteiger partial charge in [-0.05, 0) is 120 Å².